The van der Waals surface area contributed by atoms with Crippen molar-refractivity contribution in [2.24, 2.45) is 0 Å². The van der Waals surface area contributed by atoms with Gasteiger partial charge in [0.25, 0.3) is 0 Å². The van der Waals surface area contributed by atoms with Gasteiger partial charge in [-0.1, -0.05) is 29.8 Å². The summed E-state index contributed by atoms with van der Waals surface area (Å²) in [5.74, 6) is 1.15. The number of hydrogen-bond acceptors (Lipinski definition) is 5. The molecule has 27 heavy (non-hydrogen) atoms. The van der Waals surface area contributed by atoms with Crippen LogP contribution in [0, 0.1) is 6.92 Å². The third kappa shape index (κ3) is 3.13. The van der Waals surface area contributed by atoms with Crippen molar-refractivity contribution in [2.45, 2.75) is 32.4 Å². The second-order valence-corrected chi connectivity index (χ2v) is 7.16. The number of likely N-dealkylation sites (tertiary alicyclic amines) is 1. The van der Waals surface area contributed by atoms with Gasteiger partial charge in [-0.2, -0.15) is 0 Å². The molecule has 1 saturated heterocycles. The number of carbonyl (C=O) groups excluding carboxylic acids is 2. The second kappa shape index (κ2) is 6.98. The number of fused-ring (bicyclic) bond motifs is 1. The number of benzene rings is 1. The van der Waals surface area contributed by atoms with Gasteiger partial charge in [0.05, 0.1) is 6.20 Å². The fraction of sp³-hybridized carbons (Fsp3) is 0.400. The summed E-state index contributed by atoms with van der Waals surface area (Å²) in [5.41, 5.74) is 3.01. The van der Waals surface area contributed by atoms with Gasteiger partial charge >= 0.3 is 6.03 Å². The summed E-state index contributed by atoms with van der Waals surface area (Å²) in [5, 5.41) is 0. The maximum atomic E-state index is 13.0. The van der Waals surface area contributed by atoms with E-state index in [0.717, 1.165) is 37.8 Å². The summed E-state index contributed by atoms with van der Waals surface area (Å²) in [6.45, 7) is 3.50. The Morgan fingerprint density at radius 2 is 1.93 bits per heavy atom. The van der Waals surface area contributed by atoms with Crippen LogP contribution in [0.15, 0.2) is 30.5 Å². The van der Waals surface area contributed by atoms with Gasteiger partial charge in [-0.3, -0.25) is 4.79 Å². The van der Waals surface area contributed by atoms with E-state index >= 15 is 0 Å². The molecule has 2 aliphatic rings. The number of aldehydes is 1. The first-order valence-corrected chi connectivity index (χ1v) is 9.26. The average Bonchev–Trinajstić information content (AvgIpc) is 3.30. The van der Waals surface area contributed by atoms with Gasteiger partial charge < -0.3 is 9.80 Å². The maximum Gasteiger partial charge on any atom is 0.327 e. The third-order valence-electron chi connectivity index (χ3n) is 5.26. The Morgan fingerprint density at radius 1 is 1.22 bits per heavy atom. The van der Waals surface area contributed by atoms with Crippen LogP contribution in [0.3, 0.4) is 0 Å². The van der Waals surface area contributed by atoms with E-state index in [4.69, 9.17) is 0 Å². The van der Waals surface area contributed by atoms with Crippen LogP contribution in [-0.2, 0) is 11.2 Å². The van der Waals surface area contributed by atoms with Crippen molar-refractivity contribution in [3.8, 4) is 0 Å². The molecule has 0 bridgehead atoms. The quantitative estimate of drug-likeness (QED) is 0.781. The molecule has 2 aromatic rings. The lowest BCUT2D eigenvalue weighted by Crippen LogP contribution is -2.51. The van der Waals surface area contributed by atoms with Crippen LogP contribution in [0.4, 0.5) is 16.3 Å². The normalized spacial score (nSPS) is 18.7. The molecule has 1 aromatic heterocycles. The van der Waals surface area contributed by atoms with Crippen LogP contribution in [0.25, 0.3) is 0 Å². The van der Waals surface area contributed by atoms with Crippen molar-refractivity contribution in [3.05, 3.63) is 47.4 Å². The molecule has 1 aromatic carbocycles. The van der Waals surface area contributed by atoms with Crippen molar-refractivity contribution in [2.75, 3.05) is 29.9 Å². The molecule has 1 unspecified atom stereocenters. The van der Waals surface area contributed by atoms with Crippen LogP contribution in [0.1, 0.15) is 29.8 Å². The predicted octanol–water partition coefficient (Wildman–Crippen LogP) is 2.37. The number of rotatable bonds is 3. The number of anilines is 2. The highest BCUT2D eigenvalue weighted by Crippen LogP contribution is 2.37. The molecule has 1 atom stereocenters. The van der Waals surface area contributed by atoms with Gasteiger partial charge in [-0.25, -0.2) is 19.7 Å². The van der Waals surface area contributed by atoms with E-state index in [1.165, 1.54) is 10.5 Å². The minimum atomic E-state index is -0.683. The van der Waals surface area contributed by atoms with Crippen molar-refractivity contribution < 1.29 is 9.59 Å². The first-order chi connectivity index (χ1) is 13.1. The Morgan fingerprint density at radius 3 is 2.59 bits per heavy atom. The highest BCUT2D eigenvalue weighted by molar-refractivity contribution is 6.02. The van der Waals surface area contributed by atoms with Crippen LogP contribution in [0.2, 0.25) is 0 Å². The Kier molecular flexibility index (Phi) is 4.51. The SMILES string of the molecule is Cc1ccc(Cc2ncc3c(n2)N(C(=O)N2CCCC2)C(C=O)N3C)cc1. The van der Waals surface area contributed by atoms with Gasteiger partial charge in [-0.05, 0) is 25.3 Å². The average molecular weight is 365 g/mol. The molecule has 4 rings (SSSR count). The minimum absolute atomic E-state index is 0.157. The summed E-state index contributed by atoms with van der Waals surface area (Å²) in [6, 6.07) is 8.07. The molecule has 0 saturated carbocycles. The Bertz CT molecular complexity index is 861. The van der Waals surface area contributed by atoms with E-state index in [-0.39, 0.29) is 6.03 Å². The number of carbonyl (C=O) groups is 2. The lowest BCUT2D eigenvalue weighted by Gasteiger charge is -2.28. The molecule has 0 radical (unpaired) electrons. The van der Waals surface area contributed by atoms with E-state index in [2.05, 4.69) is 34.2 Å². The Balaban J connectivity index is 1.67. The van der Waals surface area contributed by atoms with E-state index in [0.29, 0.717) is 23.8 Å². The number of aryl methyl sites for hydroxylation is 1. The van der Waals surface area contributed by atoms with Gasteiger partial charge in [-0.15, -0.1) is 0 Å². The monoisotopic (exact) mass is 365 g/mol. The van der Waals surface area contributed by atoms with Crippen LogP contribution in [-0.4, -0.2) is 53.5 Å². The molecule has 7 heteroatoms. The Hall–Kier alpha value is -2.96. The summed E-state index contributed by atoms with van der Waals surface area (Å²) in [7, 11) is 1.79. The van der Waals surface area contributed by atoms with Crippen molar-refractivity contribution in [1.29, 1.82) is 0 Å². The number of urea groups is 1. The largest absolute Gasteiger partial charge is 0.344 e. The molecule has 0 N–H and O–H groups in total. The summed E-state index contributed by atoms with van der Waals surface area (Å²) in [6.07, 6.45) is 4.38. The van der Waals surface area contributed by atoms with E-state index in [1.807, 2.05) is 6.92 Å². The summed E-state index contributed by atoms with van der Waals surface area (Å²) in [4.78, 5) is 38.9. The van der Waals surface area contributed by atoms with Gasteiger partial charge in [0.15, 0.2) is 18.3 Å². The number of likely N-dealkylation sites (N-methyl/N-ethyl adjacent to an activating group) is 1. The van der Waals surface area contributed by atoms with Gasteiger partial charge in [0.1, 0.15) is 11.5 Å². The number of aromatic nitrogens is 2. The minimum Gasteiger partial charge on any atom is -0.344 e. The number of amides is 2. The zero-order valence-electron chi connectivity index (χ0n) is 15.6. The lowest BCUT2D eigenvalue weighted by molar-refractivity contribution is -0.108. The van der Waals surface area contributed by atoms with Crippen LogP contribution in [0.5, 0.6) is 0 Å². The summed E-state index contributed by atoms with van der Waals surface area (Å²) >= 11 is 0. The molecule has 0 aliphatic carbocycles. The van der Waals surface area contributed by atoms with E-state index in [1.54, 1.807) is 23.0 Å². The fourth-order valence-corrected chi connectivity index (χ4v) is 3.66. The van der Waals surface area contributed by atoms with Gasteiger partial charge in [0.2, 0.25) is 0 Å². The smallest absolute Gasteiger partial charge is 0.327 e. The summed E-state index contributed by atoms with van der Waals surface area (Å²) < 4.78 is 0. The molecular formula is C20H23N5O2. The molecule has 2 amide bonds. The first kappa shape index (κ1) is 17.5. The van der Waals surface area contributed by atoms with Crippen LogP contribution < -0.4 is 9.80 Å². The molecule has 3 heterocycles. The molecule has 7 nitrogen and oxygen atoms in total. The molecule has 0 spiro atoms. The number of hydrogen-bond donors (Lipinski definition) is 0. The Labute approximate surface area is 158 Å². The molecule has 1 fully saturated rings. The fourth-order valence-electron chi connectivity index (χ4n) is 3.66. The second-order valence-electron chi connectivity index (χ2n) is 7.16. The standard InChI is InChI=1S/C20H23N5O2/c1-14-5-7-15(8-6-14)11-17-21-12-16-19(22-17)25(18(13-26)23(16)2)20(27)24-9-3-4-10-24/h5-8,12-13,18H,3-4,9-11H2,1-2H3. The van der Waals surface area contributed by atoms with Crippen molar-refractivity contribution in [1.82, 2.24) is 14.9 Å². The maximum absolute atomic E-state index is 13.0. The van der Waals surface area contributed by atoms with Gasteiger partial charge in [0, 0.05) is 26.6 Å². The topological polar surface area (TPSA) is 69.6 Å². The highest BCUT2D eigenvalue weighted by Gasteiger charge is 2.41. The zero-order valence-corrected chi connectivity index (χ0v) is 15.6. The van der Waals surface area contributed by atoms with Crippen molar-refractivity contribution >= 4 is 23.8 Å². The molecule has 2 aliphatic heterocycles. The predicted molar refractivity (Wildman–Crippen MR) is 103 cm³/mol. The molecule has 140 valence electrons. The number of nitrogens with zero attached hydrogens (tertiary/aromatic N) is 5. The first-order valence-electron chi connectivity index (χ1n) is 9.26. The van der Waals surface area contributed by atoms with Crippen LogP contribution >= 0.6 is 0 Å². The zero-order chi connectivity index (χ0) is 19.0. The highest BCUT2D eigenvalue weighted by atomic mass is 16.2. The third-order valence-corrected chi connectivity index (χ3v) is 5.26. The van der Waals surface area contributed by atoms with Crippen molar-refractivity contribution in [3.63, 3.8) is 0 Å². The van der Waals surface area contributed by atoms with E-state index < -0.39 is 6.17 Å². The van der Waals surface area contributed by atoms with E-state index in [9.17, 15) is 9.59 Å². The molecular weight excluding hydrogens is 342 g/mol. The lowest BCUT2D eigenvalue weighted by atomic mass is 10.1.